The van der Waals surface area contributed by atoms with Gasteiger partial charge in [0.05, 0.1) is 12.5 Å². The van der Waals surface area contributed by atoms with E-state index in [1.54, 1.807) is 0 Å². The average molecular weight is 471 g/mol. The smallest absolute Gasteiger partial charge is 0.412 e. The maximum absolute atomic E-state index is 12.7. The highest BCUT2D eigenvalue weighted by Crippen LogP contribution is 2.39. The summed E-state index contributed by atoms with van der Waals surface area (Å²) in [5.74, 6) is 0.364. The normalized spacial score (nSPS) is 18.2. The van der Waals surface area contributed by atoms with Gasteiger partial charge < -0.3 is 19.7 Å². The first-order chi connectivity index (χ1) is 16.3. The van der Waals surface area contributed by atoms with Crippen LogP contribution in [0, 0.1) is 5.41 Å². The van der Waals surface area contributed by atoms with E-state index in [1.165, 1.54) is 30.4 Å². The molecule has 3 rings (SSSR count). The summed E-state index contributed by atoms with van der Waals surface area (Å²) in [7, 11) is 4.20. The Morgan fingerprint density at radius 2 is 1.79 bits per heavy atom. The lowest BCUT2D eigenvalue weighted by Gasteiger charge is -2.36. The van der Waals surface area contributed by atoms with Gasteiger partial charge in [-0.2, -0.15) is 0 Å². The van der Waals surface area contributed by atoms with Crippen LogP contribution in [0.2, 0.25) is 0 Å². The van der Waals surface area contributed by atoms with E-state index in [4.69, 9.17) is 9.47 Å². The molecular weight excluding hydrogens is 428 g/mol. The molecule has 2 aliphatic carbocycles. The molecule has 0 aromatic heterocycles. The highest BCUT2D eigenvalue weighted by molar-refractivity contribution is 5.74. The zero-order chi connectivity index (χ0) is 24.6. The van der Waals surface area contributed by atoms with Crippen molar-refractivity contribution in [2.24, 2.45) is 5.41 Å². The van der Waals surface area contributed by atoms with Gasteiger partial charge in [-0.3, -0.25) is 4.79 Å². The van der Waals surface area contributed by atoms with Gasteiger partial charge >= 0.3 is 12.1 Å². The van der Waals surface area contributed by atoms with Gasteiger partial charge in [-0.05, 0) is 95.2 Å². The van der Waals surface area contributed by atoms with E-state index in [0.717, 1.165) is 50.6 Å². The van der Waals surface area contributed by atoms with Crippen molar-refractivity contribution in [1.29, 1.82) is 0 Å². The maximum Gasteiger partial charge on any atom is 0.412 e. The number of likely N-dealkylation sites (N-methyl/N-ethyl adjacent to an activating group) is 1. The Hall–Kier alpha value is -2.34. The van der Waals surface area contributed by atoms with Crippen molar-refractivity contribution >= 4 is 17.6 Å². The van der Waals surface area contributed by atoms with Crippen molar-refractivity contribution in [2.45, 2.75) is 84.2 Å². The van der Waals surface area contributed by atoms with Gasteiger partial charge in [0.25, 0.3) is 0 Å². The molecule has 0 radical (unpaired) electrons. The monoisotopic (exact) mass is 470 g/mol. The van der Waals surface area contributed by atoms with E-state index < -0.39 is 6.09 Å². The summed E-state index contributed by atoms with van der Waals surface area (Å²) in [6, 6.07) is 7.87. The predicted molar refractivity (Wildman–Crippen MR) is 136 cm³/mol. The second-order valence-corrected chi connectivity index (χ2v) is 10.6. The summed E-state index contributed by atoms with van der Waals surface area (Å²) in [5, 5.41) is 2.95. The number of allylic oxidation sites excluding steroid dienone is 1. The number of ether oxygens (including phenoxy) is 2. The van der Waals surface area contributed by atoms with E-state index in [9.17, 15) is 9.59 Å². The first-order valence-corrected chi connectivity index (χ1v) is 12.9. The number of nitrogens with one attached hydrogen (secondary N) is 1. The van der Waals surface area contributed by atoms with Crippen molar-refractivity contribution in [2.75, 3.05) is 27.2 Å². The number of esters is 1. The van der Waals surface area contributed by atoms with Crippen molar-refractivity contribution in [1.82, 2.24) is 10.2 Å². The summed E-state index contributed by atoms with van der Waals surface area (Å²) in [6.45, 7) is 5.11. The first-order valence-electron chi connectivity index (χ1n) is 12.9. The van der Waals surface area contributed by atoms with Crippen LogP contribution in [0.1, 0.15) is 83.6 Å². The molecule has 0 atom stereocenters. The topological polar surface area (TPSA) is 67.9 Å². The third-order valence-electron chi connectivity index (χ3n) is 6.89. The number of amides is 1. The van der Waals surface area contributed by atoms with Crippen LogP contribution < -0.4 is 10.1 Å². The van der Waals surface area contributed by atoms with Gasteiger partial charge in [0.15, 0.2) is 0 Å². The van der Waals surface area contributed by atoms with Gasteiger partial charge in [0.1, 0.15) is 5.75 Å². The number of hydrogen-bond acceptors (Lipinski definition) is 5. The number of rotatable bonds is 9. The standard InChI is InChI=1S/C28H42N2O4/c1-21(2)33-26(31)18-28(15-8-5-9-16-28)20-29-27(32)34-24-13-10-12-22(17-24)25-14-7-6-11-23(25)19-30(3)4/h10,12-13,17,21H,5-9,11,14-16,18-20H2,1-4H3,(H,29,32). The Bertz CT molecular complexity index is 869. The molecule has 1 N–H and O–H groups in total. The van der Waals surface area contributed by atoms with E-state index >= 15 is 0 Å². The molecule has 0 bridgehead atoms. The van der Waals surface area contributed by atoms with Crippen LogP contribution in [-0.4, -0.2) is 50.3 Å². The molecule has 2 aliphatic rings. The molecule has 0 heterocycles. The molecule has 1 fully saturated rings. The average Bonchev–Trinajstić information content (AvgIpc) is 2.78. The van der Waals surface area contributed by atoms with E-state index in [1.807, 2.05) is 32.0 Å². The quantitative estimate of drug-likeness (QED) is 0.451. The van der Waals surface area contributed by atoms with Crippen molar-refractivity contribution < 1.29 is 19.1 Å². The van der Waals surface area contributed by atoms with Crippen molar-refractivity contribution in [3.05, 3.63) is 35.4 Å². The molecule has 6 nitrogen and oxygen atoms in total. The van der Waals surface area contributed by atoms with E-state index in [2.05, 4.69) is 30.4 Å². The molecule has 0 spiro atoms. The molecular formula is C28H42N2O4. The SMILES string of the molecule is CC(C)OC(=O)CC1(CNC(=O)Oc2cccc(C3=C(CN(C)C)CCCC3)c2)CCCCC1. The predicted octanol–water partition coefficient (Wildman–Crippen LogP) is 5.96. The number of benzene rings is 1. The molecule has 0 aliphatic heterocycles. The lowest BCUT2D eigenvalue weighted by atomic mass is 9.71. The van der Waals surface area contributed by atoms with Crippen molar-refractivity contribution in [3.63, 3.8) is 0 Å². The number of hydrogen-bond donors (Lipinski definition) is 1. The Morgan fingerprint density at radius 3 is 2.50 bits per heavy atom. The third kappa shape index (κ3) is 7.86. The fourth-order valence-electron chi connectivity index (χ4n) is 5.35. The molecule has 34 heavy (non-hydrogen) atoms. The second-order valence-electron chi connectivity index (χ2n) is 10.6. The molecule has 0 saturated heterocycles. The molecule has 6 heteroatoms. The fourth-order valence-corrected chi connectivity index (χ4v) is 5.35. The van der Waals surface area contributed by atoms with Crippen LogP contribution in [0.4, 0.5) is 4.79 Å². The van der Waals surface area contributed by atoms with Gasteiger partial charge in [-0.1, -0.05) is 37.0 Å². The molecule has 0 unspecified atom stereocenters. The van der Waals surface area contributed by atoms with E-state index in [0.29, 0.717) is 18.7 Å². The summed E-state index contributed by atoms with van der Waals surface area (Å²) < 4.78 is 11.1. The molecule has 1 amide bonds. The third-order valence-corrected chi connectivity index (χ3v) is 6.89. The van der Waals surface area contributed by atoms with E-state index in [-0.39, 0.29) is 17.5 Å². The van der Waals surface area contributed by atoms with Gasteiger partial charge in [0, 0.05) is 13.1 Å². The number of carbonyl (C=O) groups excluding carboxylic acids is 2. The lowest BCUT2D eigenvalue weighted by molar-refractivity contribution is -0.150. The second kappa shape index (κ2) is 12.4. The minimum atomic E-state index is -0.467. The maximum atomic E-state index is 12.7. The molecule has 188 valence electrons. The minimum absolute atomic E-state index is 0.129. The Labute approximate surface area is 205 Å². The van der Waals surface area contributed by atoms with Crippen molar-refractivity contribution in [3.8, 4) is 5.75 Å². The fraction of sp³-hybridized carbons (Fsp3) is 0.643. The zero-order valence-corrected chi connectivity index (χ0v) is 21.5. The summed E-state index contributed by atoms with van der Waals surface area (Å²) in [5.41, 5.74) is 3.75. The lowest BCUT2D eigenvalue weighted by Crippen LogP contribution is -2.41. The Kier molecular flexibility index (Phi) is 9.57. The van der Waals surface area contributed by atoms with Crippen LogP contribution in [0.25, 0.3) is 5.57 Å². The van der Waals surface area contributed by atoms with Gasteiger partial charge in [-0.15, -0.1) is 0 Å². The summed E-state index contributed by atoms with van der Waals surface area (Å²) >= 11 is 0. The van der Waals surface area contributed by atoms with Crippen LogP contribution in [0.15, 0.2) is 29.8 Å². The Balaban J connectivity index is 1.64. The number of nitrogens with zero attached hydrogens (tertiary/aromatic N) is 1. The molecule has 1 aromatic rings. The molecule has 1 aromatic carbocycles. The van der Waals surface area contributed by atoms with Crippen LogP contribution >= 0.6 is 0 Å². The minimum Gasteiger partial charge on any atom is -0.463 e. The van der Waals surface area contributed by atoms with Crippen LogP contribution in [0.5, 0.6) is 5.75 Å². The zero-order valence-electron chi connectivity index (χ0n) is 21.5. The number of carbonyl (C=O) groups is 2. The summed E-state index contributed by atoms with van der Waals surface area (Å²) in [6.07, 6.45) is 9.49. The first kappa shape index (κ1) is 26.3. The van der Waals surface area contributed by atoms with Crippen LogP contribution in [0.3, 0.4) is 0 Å². The van der Waals surface area contributed by atoms with Crippen LogP contribution in [-0.2, 0) is 9.53 Å². The largest absolute Gasteiger partial charge is 0.463 e. The highest BCUT2D eigenvalue weighted by atomic mass is 16.6. The molecule has 1 saturated carbocycles. The Morgan fingerprint density at radius 1 is 1.06 bits per heavy atom. The van der Waals surface area contributed by atoms with Gasteiger partial charge in [-0.25, -0.2) is 4.79 Å². The highest BCUT2D eigenvalue weighted by Gasteiger charge is 2.35. The summed E-state index contributed by atoms with van der Waals surface area (Å²) in [4.78, 5) is 27.3. The van der Waals surface area contributed by atoms with Gasteiger partial charge in [0.2, 0.25) is 0 Å².